The van der Waals surface area contributed by atoms with E-state index in [9.17, 15) is 0 Å². The van der Waals surface area contributed by atoms with Crippen molar-refractivity contribution in [3.8, 4) is 5.97 Å². The van der Waals surface area contributed by atoms with Gasteiger partial charge in [0.15, 0.2) is 0 Å². The van der Waals surface area contributed by atoms with Crippen molar-refractivity contribution in [2.75, 3.05) is 21.3 Å². The monoisotopic (exact) mass is 137 g/mol. The van der Waals surface area contributed by atoms with Crippen molar-refractivity contribution in [1.82, 2.24) is 0 Å². The molecular formula is C4H9BLiNO3. The second kappa shape index (κ2) is 5.79. The fourth-order valence-corrected chi connectivity index (χ4v) is 0.447. The maximum absolute atomic E-state index is 8.38. The van der Waals surface area contributed by atoms with Crippen LogP contribution in [0.3, 0.4) is 0 Å². The van der Waals surface area contributed by atoms with E-state index in [0.29, 0.717) is 0 Å². The first-order valence-corrected chi connectivity index (χ1v) is 2.44. The Labute approximate surface area is 72.6 Å². The molecule has 0 radical (unpaired) electrons. The van der Waals surface area contributed by atoms with Gasteiger partial charge in [-0.2, -0.15) is 0 Å². The topological polar surface area (TPSA) is 51.5 Å². The van der Waals surface area contributed by atoms with Crippen LogP contribution in [0.4, 0.5) is 0 Å². The second-order valence-electron chi connectivity index (χ2n) is 1.48. The van der Waals surface area contributed by atoms with E-state index in [1.807, 2.05) is 0 Å². The Balaban J connectivity index is 0. The molecule has 6 heteroatoms. The summed E-state index contributed by atoms with van der Waals surface area (Å²) in [5.41, 5.74) is 0. The van der Waals surface area contributed by atoms with Gasteiger partial charge in [0.05, 0.1) is 0 Å². The first kappa shape index (κ1) is 12.7. The van der Waals surface area contributed by atoms with Crippen LogP contribution >= 0.6 is 0 Å². The molecule has 0 atom stereocenters. The summed E-state index contributed by atoms with van der Waals surface area (Å²) in [5.74, 6) is 1.76. The summed E-state index contributed by atoms with van der Waals surface area (Å²) in [5, 5.41) is 8.38. The number of nitrogens with zero attached hydrogens (tertiary/aromatic N) is 1. The molecule has 0 rings (SSSR count). The van der Waals surface area contributed by atoms with Gasteiger partial charge >= 0.3 is 25.6 Å². The molecule has 0 amide bonds. The molecule has 0 fully saturated rings. The van der Waals surface area contributed by atoms with E-state index in [4.69, 9.17) is 5.26 Å². The van der Waals surface area contributed by atoms with E-state index >= 15 is 0 Å². The first-order chi connectivity index (χ1) is 4.24. The van der Waals surface area contributed by atoms with Crippen LogP contribution in [0.2, 0.25) is 0 Å². The van der Waals surface area contributed by atoms with E-state index in [-0.39, 0.29) is 18.9 Å². The summed E-state index contributed by atoms with van der Waals surface area (Å²) in [6, 6.07) is 0. The van der Waals surface area contributed by atoms with Gasteiger partial charge in [0.1, 0.15) is 0 Å². The van der Waals surface area contributed by atoms with E-state index in [2.05, 4.69) is 14.0 Å². The molecule has 0 saturated carbocycles. The van der Waals surface area contributed by atoms with Gasteiger partial charge < -0.3 is 14.0 Å². The third kappa shape index (κ3) is 2.74. The molecule has 0 aromatic heterocycles. The van der Waals surface area contributed by atoms with Gasteiger partial charge in [0.2, 0.25) is 0 Å². The Bertz CT molecular complexity index is 114. The quantitative estimate of drug-likeness (QED) is 0.387. The molecule has 0 bridgehead atoms. The van der Waals surface area contributed by atoms with Crippen molar-refractivity contribution < 1.29 is 32.8 Å². The van der Waals surface area contributed by atoms with Gasteiger partial charge in [-0.1, -0.05) is 0 Å². The molecule has 0 aromatic rings. The van der Waals surface area contributed by atoms with Gasteiger partial charge in [-0.3, -0.25) is 0 Å². The SMILES string of the molecule is CO[B-](C#N)(OC)OC.[Li+]. The molecule has 0 aliphatic heterocycles. The van der Waals surface area contributed by atoms with Crippen LogP contribution in [0, 0.1) is 11.2 Å². The summed E-state index contributed by atoms with van der Waals surface area (Å²) >= 11 is 0. The van der Waals surface area contributed by atoms with E-state index in [1.165, 1.54) is 21.3 Å². The molecule has 10 heavy (non-hydrogen) atoms. The average Bonchev–Trinajstić information content (AvgIpc) is 1.95. The van der Waals surface area contributed by atoms with Crippen molar-refractivity contribution in [3.05, 3.63) is 0 Å². The Hall–Kier alpha value is 0.0323. The summed E-state index contributed by atoms with van der Waals surface area (Å²) in [6.07, 6.45) is 0. The third-order valence-corrected chi connectivity index (χ3v) is 1.09. The van der Waals surface area contributed by atoms with Crippen LogP contribution in [-0.2, 0) is 14.0 Å². The van der Waals surface area contributed by atoms with Gasteiger partial charge in [-0.15, -0.1) is 0 Å². The van der Waals surface area contributed by atoms with E-state index < -0.39 is 6.75 Å². The number of rotatable bonds is 3. The predicted molar refractivity (Wildman–Crippen MR) is 32.4 cm³/mol. The van der Waals surface area contributed by atoms with Gasteiger partial charge in [-0.05, 0) is 27.3 Å². The van der Waals surface area contributed by atoms with Crippen LogP contribution in [0.1, 0.15) is 0 Å². The number of hydrogen-bond donors (Lipinski definition) is 0. The number of hydrogen-bond acceptors (Lipinski definition) is 4. The fourth-order valence-electron chi connectivity index (χ4n) is 0.447. The van der Waals surface area contributed by atoms with Crippen LogP contribution in [0.5, 0.6) is 0 Å². The zero-order valence-electron chi connectivity index (χ0n) is 6.75. The molecule has 0 aliphatic carbocycles. The normalized spacial score (nSPS) is 9.80. The zero-order valence-corrected chi connectivity index (χ0v) is 6.75. The standard InChI is InChI=1S/C4H9BNO3.Li/c1-7-5(4-6,8-2)9-3;/h1-3H3;/q-1;+1. The largest absolute Gasteiger partial charge is 1.00 e. The smallest absolute Gasteiger partial charge is 0.535 e. The molecular weight excluding hydrogens is 128 g/mol. The molecule has 52 valence electrons. The zero-order chi connectivity index (χ0) is 7.33. The minimum Gasteiger partial charge on any atom is -0.535 e. The molecule has 0 saturated heterocycles. The minimum atomic E-state index is -2.14. The summed E-state index contributed by atoms with van der Waals surface area (Å²) in [4.78, 5) is 0. The van der Waals surface area contributed by atoms with Crippen LogP contribution < -0.4 is 18.9 Å². The summed E-state index contributed by atoms with van der Waals surface area (Å²) < 4.78 is 13.9. The maximum atomic E-state index is 8.38. The second-order valence-corrected chi connectivity index (χ2v) is 1.48. The predicted octanol–water partition coefficient (Wildman–Crippen LogP) is -3.07. The summed E-state index contributed by atoms with van der Waals surface area (Å²) in [6.45, 7) is -2.14. The Morgan fingerprint density at radius 2 is 1.40 bits per heavy atom. The van der Waals surface area contributed by atoms with E-state index in [0.717, 1.165) is 0 Å². The van der Waals surface area contributed by atoms with Crippen molar-refractivity contribution in [3.63, 3.8) is 0 Å². The minimum absolute atomic E-state index is 0. The van der Waals surface area contributed by atoms with Crippen molar-refractivity contribution in [2.45, 2.75) is 0 Å². The first-order valence-electron chi connectivity index (χ1n) is 2.44. The molecule has 4 nitrogen and oxygen atoms in total. The van der Waals surface area contributed by atoms with Crippen molar-refractivity contribution in [2.24, 2.45) is 0 Å². The molecule has 0 spiro atoms. The molecule has 0 aliphatic rings. The molecule has 0 aromatic carbocycles. The Kier molecular flexibility index (Phi) is 7.35. The van der Waals surface area contributed by atoms with Gasteiger partial charge in [0.25, 0.3) is 0 Å². The molecule has 0 heterocycles. The van der Waals surface area contributed by atoms with Crippen molar-refractivity contribution >= 4 is 6.75 Å². The fraction of sp³-hybridized carbons (Fsp3) is 0.750. The van der Waals surface area contributed by atoms with Gasteiger partial charge in [-0.25, -0.2) is 5.26 Å². The average molecular weight is 137 g/mol. The van der Waals surface area contributed by atoms with Crippen LogP contribution in [0.15, 0.2) is 0 Å². The van der Waals surface area contributed by atoms with Gasteiger partial charge in [0, 0.05) is 0 Å². The molecule has 0 unspecified atom stereocenters. The maximum Gasteiger partial charge on any atom is 1.00 e. The Morgan fingerprint density at radius 3 is 1.40 bits per heavy atom. The van der Waals surface area contributed by atoms with Crippen LogP contribution in [-0.4, -0.2) is 28.1 Å². The van der Waals surface area contributed by atoms with Crippen LogP contribution in [0.25, 0.3) is 0 Å². The summed E-state index contributed by atoms with van der Waals surface area (Å²) in [7, 11) is 4.07. The van der Waals surface area contributed by atoms with E-state index in [1.54, 1.807) is 5.97 Å². The van der Waals surface area contributed by atoms with Crippen molar-refractivity contribution in [1.29, 1.82) is 5.26 Å². The third-order valence-electron chi connectivity index (χ3n) is 1.09. The Morgan fingerprint density at radius 1 is 1.10 bits per heavy atom. The number of nitriles is 1. The molecule has 0 N–H and O–H groups in total.